The summed E-state index contributed by atoms with van der Waals surface area (Å²) in [5.41, 5.74) is 2.64. The van der Waals surface area contributed by atoms with Crippen molar-refractivity contribution >= 4 is 35.1 Å². The molecule has 5 nitrogen and oxygen atoms in total. The molecule has 130 valence electrons. The molecule has 3 rings (SSSR count). The molecule has 0 radical (unpaired) electrons. The van der Waals surface area contributed by atoms with Crippen molar-refractivity contribution in [2.24, 2.45) is 0 Å². The van der Waals surface area contributed by atoms with E-state index in [1.165, 1.54) is 11.8 Å². The lowest BCUT2D eigenvalue weighted by Gasteiger charge is -2.20. The Morgan fingerprint density at radius 3 is 2.80 bits per heavy atom. The lowest BCUT2D eigenvalue weighted by atomic mass is 10.2. The molecule has 2 aromatic rings. The van der Waals surface area contributed by atoms with Crippen molar-refractivity contribution in [3.8, 4) is 0 Å². The largest absolute Gasteiger partial charge is 0.336 e. The Balaban J connectivity index is 1.63. The van der Waals surface area contributed by atoms with Gasteiger partial charge in [0.25, 0.3) is 0 Å². The van der Waals surface area contributed by atoms with Crippen LogP contribution < -0.4 is 15.5 Å². The van der Waals surface area contributed by atoms with Gasteiger partial charge in [0, 0.05) is 22.8 Å². The number of anilines is 2. The Kier molecular flexibility index (Phi) is 5.28. The first-order valence-corrected chi connectivity index (χ1v) is 9.18. The highest BCUT2D eigenvalue weighted by Crippen LogP contribution is 2.25. The van der Waals surface area contributed by atoms with Crippen molar-refractivity contribution in [1.29, 1.82) is 0 Å². The summed E-state index contributed by atoms with van der Waals surface area (Å²) in [5, 5.41) is 5.73. The van der Waals surface area contributed by atoms with Gasteiger partial charge in [-0.3, -0.25) is 9.69 Å². The van der Waals surface area contributed by atoms with Gasteiger partial charge < -0.3 is 10.6 Å². The molecule has 0 bridgehead atoms. The molecule has 25 heavy (non-hydrogen) atoms. The minimum atomic E-state index is -0.105. The molecule has 2 N–H and O–H groups in total. The number of carbonyl (C=O) groups excluding carboxylic acids is 2. The summed E-state index contributed by atoms with van der Waals surface area (Å²) < 4.78 is 0. The van der Waals surface area contributed by atoms with E-state index in [0.717, 1.165) is 16.1 Å². The van der Waals surface area contributed by atoms with Crippen LogP contribution in [0.3, 0.4) is 0 Å². The molecule has 1 fully saturated rings. The van der Waals surface area contributed by atoms with Crippen LogP contribution in [0, 0.1) is 6.92 Å². The topological polar surface area (TPSA) is 61.4 Å². The highest BCUT2D eigenvalue weighted by atomic mass is 32.2. The standard InChI is InChI=1S/C19H21N3O2S/c1-13-6-3-4-9-17(13)25-12-18(23)21-15-7-5-8-16(10-15)22-14(2)11-20-19(22)24/h3-10,14H,11-12H2,1-2H3,(H,20,24)(H,21,23)/t14-/m0/s1. The summed E-state index contributed by atoms with van der Waals surface area (Å²) in [5.74, 6) is 0.278. The summed E-state index contributed by atoms with van der Waals surface area (Å²) in [4.78, 5) is 27.0. The highest BCUT2D eigenvalue weighted by Gasteiger charge is 2.28. The number of nitrogens with zero attached hydrogens (tertiary/aromatic N) is 1. The third-order valence-corrected chi connectivity index (χ3v) is 5.24. The Morgan fingerprint density at radius 1 is 1.28 bits per heavy atom. The fraction of sp³-hybridized carbons (Fsp3) is 0.263. The van der Waals surface area contributed by atoms with Gasteiger partial charge in [0.05, 0.1) is 11.8 Å². The van der Waals surface area contributed by atoms with Crippen molar-refractivity contribution in [3.63, 3.8) is 0 Å². The van der Waals surface area contributed by atoms with Gasteiger partial charge >= 0.3 is 6.03 Å². The van der Waals surface area contributed by atoms with E-state index >= 15 is 0 Å². The van der Waals surface area contributed by atoms with E-state index < -0.39 is 0 Å². The van der Waals surface area contributed by atoms with E-state index in [4.69, 9.17) is 0 Å². The number of carbonyl (C=O) groups is 2. The van der Waals surface area contributed by atoms with E-state index in [9.17, 15) is 9.59 Å². The second kappa shape index (κ2) is 7.61. The molecule has 0 aliphatic carbocycles. The quantitative estimate of drug-likeness (QED) is 0.805. The van der Waals surface area contributed by atoms with Gasteiger partial charge in [-0.25, -0.2) is 4.79 Å². The number of benzene rings is 2. The minimum Gasteiger partial charge on any atom is -0.336 e. The zero-order valence-electron chi connectivity index (χ0n) is 14.3. The van der Waals surface area contributed by atoms with Gasteiger partial charge in [0.1, 0.15) is 0 Å². The molecule has 6 heteroatoms. The maximum atomic E-state index is 12.2. The van der Waals surface area contributed by atoms with Crippen LogP contribution in [0.15, 0.2) is 53.4 Å². The average Bonchev–Trinajstić information content (AvgIpc) is 2.93. The van der Waals surface area contributed by atoms with Crippen molar-refractivity contribution in [2.45, 2.75) is 24.8 Å². The molecule has 0 spiro atoms. The summed E-state index contributed by atoms with van der Waals surface area (Å²) >= 11 is 1.52. The molecule has 1 saturated heterocycles. The molecule has 3 amide bonds. The van der Waals surface area contributed by atoms with Gasteiger partial charge in [0.2, 0.25) is 5.91 Å². The first-order chi connectivity index (χ1) is 12.0. The predicted octanol–water partition coefficient (Wildman–Crippen LogP) is 3.64. The van der Waals surface area contributed by atoms with Gasteiger partial charge in [0.15, 0.2) is 0 Å². The molecule has 1 heterocycles. The van der Waals surface area contributed by atoms with Crippen molar-refractivity contribution in [3.05, 3.63) is 54.1 Å². The smallest absolute Gasteiger partial charge is 0.322 e. The third kappa shape index (κ3) is 4.14. The van der Waals surface area contributed by atoms with Crippen molar-refractivity contribution < 1.29 is 9.59 Å². The Hall–Kier alpha value is -2.47. The number of amides is 3. The lowest BCUT2D eigenvalue weighted by Crippen LogP contribution is -2.32. The van der Waals surface area contributed by atoms with Crippen LogP contribution in [0.2, 0.25) is 0 Å². The fourth-order valence-corrected chi connectivity index (χ4v) is 3.60. The maximum Gasteiger partial charge on any atom is 0.322 e. The van der Waals surface area contributed by atoms with E-state index in [0.29, 0.717) is 18.0 Å². The molecule has 1 atom stereocenters. The van der Waals surface area contributed by atoms with Crippen LogP contribution in [-0.2, 0) is 4.79 Å². The first kappa shape index (κ1) is 17.4. The summed E-state index contributed by atoms with van der Waals surface area (Å²) in [6.07, 6.45) is 0. The van der Waals surface area contributed by atoms with Crippen LogP contribution in [0.5, 0.6) is 0 Å². The number of nitrogens with one attached hydrogen (secondary N) is 2. The van der Waals surface area contributed by atoms with E-state index in [2.05, 4.69) is 10.6 Å². The monoisotopic (exact) mass is 355 g/mol. The van der Waals surface area contributed by atoms with Crippen LogP contribution >= 0.6 is 11.8 Å². The van der Waals surface area contributed by atoms with Crippen molar-refractivity contribution in [2.75, 3.05) is 22.5 Å². The molecule has 0 saturated carbocycles. The van der Waals surface area contributed by atoms with Gasteiger partial charge in [-0.2, -0.15) is 0 Å². The van der Waals surface area contributed by atoms with Gasteiger partial charge in [-0.05, 0) is 43.7 Å². The Morgan fingerprint density at radius 2 is 2.08 bits per heavy atom. The molecule has 1 aliphatic heterocycles. The minimum absolute atomic E-state index is 0.0654. The molecular weight excluding hydrogens is 334 g/mol. The fourth-order valence-electron chi connectivity index (χ4n) is 2.78. The normalized spacial score (nSPS) is 16.6. The van der Waals surface area contributed by atoms with Gasteiger partial charge in [-0.15, -0.1) is 11.8 Å². The van der Waals surface area contributed by atoms with E-state index in [1.807, 2.05) is 62.4 Å². The average molecular weight is 355 g/mol. The summed E-state index contributed by atoms with van der Waals surface area (Å²) in [6, 6.07) is 15.4. The summed E-state index contributed by atoms with van der Waals surface area (Å²) in [7, 11) is 0. The highest BCUT2D eigenvalue weighted by molar-refractivity contribution is 8.00. The maximum absolute atomic E-state index is 12.2. The SMILES string of the molecule is Cc1ccccc1SCC(=O)Nc1cccc(N2C(=O)NC[C@@H]2C)c1. The third-order valence-electron chi connectivity index (χ3n) is 4.07. The predicted molar refractivity (Wildman–Crippen MR) is 102 cm³/mol. The number of aryl methyl sites for hydroxylation is 1. The molecule has 0 unspecified atom stereocenters. The molecule has 0 aromatic heterocycles. The molecular formula is C19H21N3O2S. The van der Waals surface area contributed by atoms with Crippen molar-refractivity contribution in [1.82, 2.24) is 5.32 Å². The van der Waals surface area contributed by atoms with Crippen LogP contribution in [-0.4, -0.2) is 30.3 Å². The Labute approximate surface area is 151 Å². The second-order valence-electron chi connectivity index (χ2n) is 6.06. The van der Waals surface area contributed by atoms with E-state index in [1.54, 1.807) is 4.90 Å². The zero-order chi connectivity index (χ0) is 17.8. The number of rotatable bonds is 5. The zero-order valence-corrected chi connectivity index (χ0v) is 15.1. The number of hydrogen-bond donors (Lipinski definition) is 2. The molecule has 1 aliphatic rings. The second-order valence-corrected chi connectivity index (χ2v) is 7.07. The number of hydrogen-bond acceptors (Lipinski definition) is 3. The summed E-state index contributed by atoms with van der Waals surface area (Å²) in [6.45, 7) is 4.65. The molecule has 2 aromatic carbocycles. The van der Waals surface area contributed by atoms with Crippen LogP contribution in [0.4, 0.5) is 16.2 Å². The Bertz CT molecular complexity index is 794. The van der Waals surface area contributed by atoms with Crippen LogP contribution in [0.25, 0.3) is 0 Å². The number of thioether (sulfide) groups is 1. The lowest BCUT2D eigenvalue weighted by molar-refractivity contribution is -0.113. The van der Waals surface area contributed by atoms with E-state index in [-0.39, 0.29) is 18.0 Å². The first-order valence-electron chi connectivity index (χ1n) is 8.20. The van der Waals surface area contributed by atoms with Gasteiger partial charge in [-0.1, -0.05) is 24.3 Å². The van der Waals surface area contributed by atoms with Crippen LogP contribution in [0.1, 0.15) is 12.5 Å². The number of urea groups is 1.